The average Bonchev–Trinajstić information content (AvgIpc) is 2.63. The number of hydrogen-bond acceptors (Lipinski definition) is 2. The molecule has 0 aliphatic carbocycles. The van der Waals surface area contributed by atoms with Gasteiger partial charge in [0.05, 0.1) is 0 Å². The van der Waals surface area contributed by atoms with Crippen LogP contribution in [0.5, 0.6) is 11.5 Å². The maximum Gasteiger partial charge on any atom is 0.124 e. The molecule has 0 fully saturated rings. The third kappa shape index (κ3) is 3.21. The number of rotatable bonds is 4. The topological polar surface area (TPSA) is 40.5 Å². The van der Waals surface area contributed by atoms with Gasteiger partial charge in [0.25, 0.3) is 0 Å². The van der Waals surface area contributed by atoms with E-state index in [1.54, 1.807) is 0 Å². The molecule has 122 valence electrons. The van der Waals surface area contributed by atoms with Crippen molar-refractivity contribution in [3.63, 3.8) is 0 Å². The second-order valence-corrected chi connectivity index (χ2v) is 6.05. The van der Waals surface area contributed by atoms with E-state index in [0.717, 1.165) is 22.3 Å². The van der Waals surface area contributed by atoms with Gasteiger partial charge in [-0.25, -0.2) is 0 Å². The van der Waals surface area contributed by atoms with Crippen LogP contribution < -0.4 is 0 Å². The summed E-state index contributed by atoms with van der Waals surface area (Å²) in [5.74, 6) is 1.09. The first kappa shape index (κ1) is 16.7. The summed E-state index contributed by atoms with van der Waals surface area (Å²) in [5, 5.41) is 20.8. The van der Waals surface area contributed by atoms with Crippen LogP contribution in [-0.2, 0) is 11.8 Å². The fourth-order valence-corrected chi connectivity index (χ4v) is 3.04. The number of hydrogen-bond donors (Lipinski definition) is 2. The Kier molecular flexibility index (Phi) is 4.98. The molecule has 0 radical (unpaired) electrons. The third-order valence-electron chi connectivity index (χ3n) is 3.96. The van der Waals surface area contributed by atoms with Crippen molar-refractivity contribution in [2.45, 2.75) is 11.8 Å². The molecule has 0 amide bonds. The van der Waals surface area contributed by atoms with Gasteiger partial charge in [0.2, 0.25) is 0 Å². The Bertz CT molecular complexity index is 768. The molecule has 0 aliphatic heterocycles. The number of phenolic OH excluding ortho intramolecular Hbond substituents is 2. The molecule has 3 rings (SSSR count). The largest absolute Gasteiger partial charge is 0.507 e. The number of phenols is 2. The van der Waals surface area contributed by atoms with Crippen molar-refractivity contribution in [1.82, 2.24) is 0 Å². The van der Waals surface area contributed by atoms with Gasteiger partial charge in [-0.1, -0.05) is 48.5 Å². The first-order valence-corrected chi connectivity index (χ1v) is 8.56. The van der Waals surface area contributed by atoms with Crippen LogP contribution in [0.3, 0.4) is 0 Å². The molecule has 0 saturated heterocycles. The minimum absolute atomic E-state index is 0.114. The molecule has 2 N–H and O–H groups in total. The number of halogens is 2. The van der Waals surface area contributed by atoms with E-state index in [4.69, 9.17) is 23.2 Å². The van der Waals surface area contributed by atoms with Crippen LogP contribution in [0.1, 0.15) is 11.1 Å². The Hall–Kier alpha value is -2.16. The highest BCUT2D eigenvalue weighted by Crippen LogP contribution is 2.44. The van der Waals surface area contributed by atoms with Crippen molar-refractivity contribution in [3.05, 3.63) is 71.8 Å². The van der Waals surface area contributed by atoms with Crippen LogP contribution in [0.25, 0.3) is 22.3 Å². The van der Waals surface area contributed by atoms with Gasteiger partial charge < -0.3 is 10.2 Å². The molecule has 3 aromatic carbocycles. The van der Waals surface area contributed by atoms with Crippen molar-refractivity contribution >= 4 is 23.2 Å². The number of alkyl halides is 2. The van der Waals surface area contributed by atoms with Gasteiger partial charge >= 0.3 is 0 Å². The zero-order valence-electron chi connectivity index (χ0n) is 12.8. The zero-order chi connectivity index (χ0) is 17.1. The summed E-state index contributed by atoms with van der Waals surface area (Å²) in [6.07, 6.45) is 0. The van der Waals surface area contributed by atoms with Crippen molar-refractivity contribution in [3.8, 4) is 33.8 Å². The lowest BCUT2D eigenvalue weighted by Gasteiger charge is -2.15. The molecule has 0 spiro atoms. The van der Waals surface area contributed by atoms with Crippen LogP contribution in [0.15, 0.2) is 60.7 Å². The molecule has 4 heteroatoms. The summed E-state index contributed by atoms with van der Waals surface area (Å²) in [6.45, 7) is 0. The maximum absolute atomic E-state index is 10.4. The number of benzene rings is 3. The molecule has 24 heavy (non-hydrogen) atoms. The van der Waals surface area contributed by atoms with E-state index >= 15 is 0 Å². The lowest BCUT2D eigenvalue weighted by atomic mass is 9.92. The first-order valence-electron chi connectivity index (χ1n) is 7.49. The summed E-state index contributed by atoms with van der Waals surface area (Å²) < 4.78 is 0. The normalized spacial score (nSPS) is 10.8. The molecule has 0 saturated carbocycles. The summed E-state index contributed by atoms with van der Waals surface area (Å²) in [7, 11) is 0. The van der Waals surface area contributed by atoms with E-state index in [0.29, 0.717) is 22.9 Å². The van der Waals surface area contributed by atoms with E-state index in [1.807, 2.05) is 48.5 Å². The van der Waals surface area contributed by atoms with E-state index in [2.05, 4.69) is 0 Å². The Balaban J connectivity index is 2.19. The predicted molar refractivity (Wildman–Crippen MR) is 99.8 cm³/mol. The smallest absolute Gasteiger partial charge is 0.124 e. The van der Waals surface area contributed by atoms with Gasteiger partial charge in [0.1, 0.15) is 11.5 Å². The minimum atomic E-state index is 0.114. The first-order chi connectivity index (χ1) is 11.6. The van der Waals surface area contributed by atoms with Crippen LogP contribution >= 0.6 is 23.2 Å². The fourth-order valence-electron chi connectivity index (χ4n) is 2.69. The summed E-state index contributed by atoms with van der Waals surface area (Å²) in [5.41, 5.74) is 4.80. The highest BCUT2D eigenvalue weighted by Gasteiger charge is 2.16. The van der Waals surface area contributed by atoms with E-state index in [-0.39, 0.29) is 11.5 Å². The SMILES string of the molecule is Oc1ccc(O)c(-c2ccc(CCl)cc2)c1-c1ccc(CCl)cc1. The summed E-state index contributed by atoms with van der Waals surface area (Å²) in [6, 6.07) is 18.2. The van der Waals surface area contributed by atoms with Crippen LogP contribution in [0, 0.1) is 0 Å². The molecule has 0 bridgehead atoms. The Morgan fingerprint density at radius 3 is 1.17 bits per heavy atom. The van der Waals surface area contributed by atoms with Gasteiger partial charge in [-0.3, -0.25) is 0 Å². The molecule has 3 aromatic rings. The molecule has 0 unspecified atom stereocenters. The molecule has 0 atom stereocenters. The van der Waals surface area contributed by atoms with Gasteiger partial charge in [-0.15, -0.1) is 23.2 Å². The quantitative estimate of drug-likeness (QED) is 0.449. The second kappa shape index (κ2) is 7.16. The standard InChI is InChI=1S/C20H16Cl2O2/c21-11-13-1-5-15(6-2-13)19-17(23)9-10-18(24)20(19)16-7-3-14(12-22)4-8-16/h1-10,23-24H,11-12H2. The molecule has 0 aromatic heterocycles. The van der Waals surface area contributed by atoms with E-state index in [1.165, 1.54) is 12.1 Å². The predicted octanol–water partition coefficient (Wildman–Crippen LogP) is 5.91. The lowest BCUT2D eigenvalue weighted by molar-refractivity contribution is 0.463. The zero-order valence-corrected chi connectivity index (χ0v) is 14.3. The summed E-state index contributed by atoms with van der Waals surface area (Å²) >= 11 is 11.7. The Morgan fingerprint density at radius 2 is 0.875 bits per heavy atom. The second-order valence-electron chi connectivity index (χ2n) is 5.51. The minimum Gasteiger partial charge on any atom is -0.507 e. The van der Waals surface area contributed by atoms with Gasteiger partial charge in [-0.2, -0.15) is 0 Å². The summed E-state index contributed by atoms with van der Waals surface area (Å²) in [4.78, 5) is 0. The molecule has 0 aliphatic rings. The van der Waals surface area contributed by atoms with Crippen molar-refractivity contribution in [1.29, 1.82) is 0 Å². The lowest BCUT2D eigenvalue weighted by Crippen LogP contribution is -1.89. The van der Waals surface area contributed by atoms with E-state index < -0.39 is 0 Å². The van der Waals surface area contributed by atoms with Crippen LogP contribution in [0.2, 0.25) is 0 Å². The molecule has 0 heterocycles. The highest BCUT2D eigenvalue weighted by molar-refractivity contribution is 6.17. The van der Waals surface area contributed by atoms with Crippen LogP contribution in [0.4, 0.5) is 0 Å². The van der Waals surface area contributed by atoms with Crippen molar-refractivity contribution in [2.75, 3.05) is 0 Å². The van der Waals surface area contributed by atoms with Crippen molar-refractivity contribution in [2.24, 2.45) is 0 Å². The van der Waals surface area contributed by atoms with Gasteiger partial charge in [-0.05, 0) is 34.4 Å². The Morgan fingerprint density at radius 1 is 0.542 bits per heavy atom. The van der Waals surface area contributed by atoms with Crippen LogP contribution in [-0.4, -0.2) is 10.2 Å². The van der Waals surface area contributed by atoms with Crippen molar-refractivity contribution < 1.29 is 10.2 Å². The highest BCUT2D eigenvalue weighted by atomic mass is 35.5. The average molecular weight is 359 g/mol. The maximum atomic E-state index is 10.4. The van der Waals surface area contributed by atoms with Gasteiger partial charge in [0, 0.05) is 22.9 Å². The van der Waals surface area contributed by atoms with Gasteiger partial charge in [0.15, 0.2) is 0 Å². The number of aromatic hydroxyl groups is 2. The monoisotopic (exact) mass is 358 g/mol. The Labute approximate surface area is 150 Å². The molecular formula is C20H16Cl2O2. The van der Waals surface area contributed by atoms with E-state index in [9.17, 15) is 10.2 Å². The fraction of sp³-hybridized carbons (Fsp3) is 0.100. The third-order valence-corrected chi connectivity index (χ3v) is 4.57. The molecular weight excluding hydrogens is 343 g/mol. The molecule has 2 nitrogen and oxygen atoms in total.